The SMILES string of the molecule is CCC(O)(c1ccccc1C)C(CN(C)C)CC1(OC(CC(=O)O)(CC(=O)O)C(=O)O)OCCc2c1[nH]c1ccc(OC)cc21. The molecule has 45 heavy (non-hydrogen) atoms. The highest BCUT2D eigenvalue weighted by Crippen LogP contribution is 2.49. The fourth-order valence-electron chi connectivity index (χ4n) is 6.65. The fraction of sp³-hybridized carbons (Fsp3) is 0.485. The number of carboxylic acids is 3. The Labute approximate surface area is 261 Å². The molecule has 4 rings (SSSR count). The molecule has 2 aromatic carbocycles. The molecule has 1 aliphatic rings. The molecule has 1 aromatic heterocycles. The van der Waals surface area contributed by atoms with Crippen LogP contribution in [0, 0.1) is 12.8 Å². The van der Waals surface area contributed by atoms with Gasteiger partial charge in [-0.3, -0.25) is 9.59 Å². The summed E-state index contributed by atoms with van der Waals surface area (Å²) in [6.07, 6.45) is -1.75. The van der Waals surface area contributed by atoms with Crippen molar-refractivity contribution in [2.45, 2.75) is 62.9 Å². The monoisotopic (exact) mass is 626 g/mol. The standard InChI is InChI=1S/C33H42N2O10/c1-6-32(42,25-10-8-7-9-20(25)2)21(19-35(3)4)16-33(45-31(30(40)41,17-27(36)37)18-28(38)39)29-23(13-14-44-33)24-15-22(43-5)11-12-26(24)34-29/h7-12,15,21,34,42H,6,13-14,16-19H2,1-5H3,(H,36,37)(H,38,39)(H,40,41). The van der Waals surface area contributed by atoms with Gasteiger partial charge in [-0.1, -0.05) is 31.2 Å². The second-order valence-corrected chi connectivity index (χ2v) is 12.0. The van der Waals surface area contributed by atoms with E-state index in [1.54, 1.807) is 19.2 Å². The number of ether oxygens (including phenoxy) is 3. The van der Waals surface area contributed by atoms with Gasteiger partial charge in [0.15, 0.2) is 5.60 Å². The molecular weight excluding hydrogens is 584 g/mol. The number of fused-ring (bicyclic) bond motifs is 3. The molecule has 0 fully saturated rings. The summed E-state index contributed by atoms with van der Waals surface area (Å²) in [6, 6.07) is 12.8. The minimum atomic E-state index is -2.71. The van der Waals surface area contributed by atoms with Gasteiger partial charge in [-0.15, -0.1) is 0 Å². The highest BCUT2D eigenvalue weighted by Gasteiger charge is 2.56. The van der Waals surface area contributed by atoms with Gasteiger partial charge >= 0.3 is 17.9 Å². The van der Waals surface area contributed by atoms with Gasteiger partial charge in [-0.25, -0.2) is 4.79 Å². The molecule has 0 radical (unpaired) electrons. The van der Waals surface area contributed by atoms with Crippen molar-refractivity contribution in [2.75, 3.05) is 34.4 Å². The highest BCUT2D eigenvalue weighted by molar-refractivity contribution is 5.89. The number of hydrogen-bond acceptors (Lipinski definition) is 8. The van der Waals surface area contributed by atoms with Crippen LogP contribution < -0.4 is 4.74 Å². The van der Waals surface area contributed by atoms with Crippen LogP contribution in [0.5, 0.6) is 5.75 Å². The number of carbonyl (C=O) groups is 3. The van der Waals surface area contributed by atoms with Crippen molar-refractivity contribution >= 4 is 28.8 Å². The summed E-state index contributed by atoms with van der Waals surface area (Å²) in [5, 5.41) is 43.3. The van der Waals surface area contributed by atoms with Crippen molar-refractivity contribution in [1.29, 1.82) is 0 Å². The lowest BCUT2D eigenvalue weighted by atomic mass is 9.73. The molecule has 0 bridgehead atoms. The summed E-state index contributed by atoms with van der Waals surface area (Å²) < 4.78 is 18.2. The van der Waals surface area contributed by atoms with Crippen LogP contribution in [0.15, 0.2) is 42.5 Å². The fourth-order valence-corrected chi connectivity index (χ4v) is 6.65. The maximum atomic E-state index is 12.9. The first-order valence-electron chi connectivity index (χ1n) is 14.8. The van der Waals surface area contributed by atoms with Gasteiger partial charge in [-0.05, 0) is 68.8 Å². The number of nitrogens with zero attached hydrogens (tertiary/aromatic N) is 1. The summed E-state index contributed by atoms with van der Waals surface area (Å²) in [6.45, 7) is 4.09. The summed E-state index contributed by atoms with van der Waals surface area (Å²) in [5.41, 5.74) is -0.909. The summed E-state index contributed by atoms with van der Waals surface area (Å²) >= 11 is 0. The molecule has 3 aromatic rings. The molecule has 0 saturated heterocycles. The van der Waals surface area contributed by atoms with Crippen LogP contribution in [0.3, 0.4) is 0 Å². The van der Waals surface area contributed by atoms with Crippen LogP contribution in [0.1, 0.15) is 55.0 Å². The maximum absolute atomic E-state index is 12.9. The van der Waals surface area contributed by atoms with Gasteiger partial charge in [-0.2, -0.15) is 0 Å². The van der Waals surface area contributed by atoms with E-state index in [2.05, 4.69) is 4.98 Å². The zero-order chi connectivity index (χ0) is 33.2. The minimum absolute atomic E-state index is 0.0522. The first-order valence-corrected chi connectivity index (χ1v) is 14.8. The van der Waals surface area contributed by atoms with Crippen molar-refractivity contribution in [1.82, 2.24) is 9.88 Å². The van der Waals surface area contributed by atoms with Crippen LogP contribution in [-0.2, 0) is 41.7 Å². The third-order valence-corrected chi connectivity index (χ3v) is 8.73. The van der Waals surface area contributed by atoms with E-state index in [1.807, 2.05) is 63.2 Å². The first-order chi connectivity index (χ1) is 21.2. The maximum Gasteiger partial charge on any atom is 0.337 e. The van der Waals surface area contributed by atoms with Gasteiger partial charge in [0.25, 0.3) is 0 Å². The Bertz CT molecular complexity index is 1550. The summed E-state index contributed by atoms with van der Waals surface area (Å²) in [5.74, 6) is -6.94. The van der Waals surface area contributed by atoms with Crippen molar-refractivity contribution in [3.63, 3.8) is 0 Å². The average molecular weight is 627 g/mol. The Hall–Kier alpha value is -3.97. The van der Waals surface area contributed by atoms with E-state index in [1.165, 1.54) is 0 Å². The number of aliphatic hydroxyl groups is 1. The lowest BCUT2D eigenvalue weighted by Gasteiger charge is -2.47. The predicted molar refractivity (Wildman–Crippen MR) is 164 cm³/mol. The van der Waals surface area contributed by atoms with E-state index in [-0.39, 0.29) is 19.4 Å². The molecule has 244 valence electrons. The number of aliphatic carboxylic acids is 3. The Kier molecular flexibility index (Phi) is 9.93. The van der Waals surface area contributed by atoms with Crippen LogP contribution in [0.25, 0.3) is 10.9 Å². The highest BCUT2D eigenvalue weighted by atomic mass is 16.7. The Morgan fingerprint density at radius 2 is 1.76 bits per heavy atom. The van der Waals surface area contributed by atoms with Gasteiger partial charge in [0.05, 0.1) is 37.9 Å². The number of hydrogen-bond donors (Lipinski definition) is 5. The number of aromatic amines is 1. The van der Waals surface area contributed by atoms with E-state index < -0.39 is 53.7 Å². The van der Waals surface area contributed by atoms with Crippen LogP contribution in [0.4, 0.5) is 0 Å². The molecule has 0 amide bonds. The molecule has 12 nitrogen and oxygen atoms in total. The third kappa shape index (κ3) is 6.69. The summed E-state index contributed by atoms with van der Waals surface area (Å²) in [4.78, 5) is 42.2. The first kappa shape index (κ1) is 33.9. The molecule has 12 heteroatoms. The number of carboxylic acid groups (broad SMARTS) is 3. The van der Waals surface area contributed by atoms with Crippen molar-refractivity contribution in [3.8, 4) is 5.75 Å². The van der Waals surface area contributed by atoms with Crippen LogP contribution >= 0.6 is 0 Å². The normalized spacial score (nSPS) is 18.7. The van der Waals surface area contributed by atoms with Crippen molar-refractivity contribution in [2.24, 2.45) is 5.92 Å². The molecule has 0 aliphatic carbocycles. The predicted octanol–water partition coefficient (Wildman–Crippen LogP) is 3.87. The van der Waals surface area contributed by atoms with E-state index in [9.17, 15) is 34.8 Å². The topological polar surface area (TPSA) is 179 Å². The van der Waals surface area contributed by atoms with Gasteiger partial charge in [0, 0.05) is 29.8 Å². The lowest BCUT2D eigenvalue weighted by Crippen LogP contribution is -2.55. The second-order valence-electron chi connectivity index (χ2n) is 12.0. The smallest absolute Gasteiger partial charge is 0.337 e. The zero-order valence-corrected chi connectivity index (χ0v) is 26.3. The Morgan fingerprint density at radius 3 is 2.31 bits per heavy atom. The molecule has 3 atom stereocenters. The van der Waals surface area contributed by atoms with E-state index in [0.29, 0.717) is 35.5 Å². The zero-order valence-electron chi connectivity index (χ0n) is 26.3. The van der Waals surface area contributed by atoms with E-state index in [0.717, 1.165) is 16.5 Å². The van der Waals surface area contributed by atoms with Gasteiger partial charge < -0.3 is 44.5 Å². The molecular formula is C33H42N2O10. The summed E-state index contributed by atoms with van der Waals surface area (Å²) in [7, 11) is 5.22. The van der Waals surface area contributed by atoms with E-state index >= 15 is 0 Å². The number of benzene rings is 2. The molecule has 0 spiro atoms. The van der Waals surface area contributed by atoms with Gasteiger partial charge in [0.2, 0.25) is 5.79 Å². The van der Waals surface area contributed by atoms with Crippen LogP contribution in [-0.4, -0.2) is 88.2 Å². The van der Waals surface area contributed by atoms with Crippen LogP contribution in [0.2, 0.25) is 0 Å². The molecule has 1 aliphatic heterocycles. The Balaban J connectivity index is 2.02. The molecule has 5 N–H and O–H groups in total. The van der Waals surface area contributed by atoms with Gasteiger partial charge in [0.1, 0.15) is 5.75 Å². The number of methoxy groups -OCH3 is 1. The lowest BCUT2D eigenvalue weighted by molar-refractivity contribution is -0.316. The number of nitrogens with one attached hydrogen (secondary N) is 1. The number of aryl methyl sites for hydroxylation is 1. The second kappa shape index (κ2) is 13.2. The average Bonchev–Trinajstić information content (AvgIpc) is 3.35. The molecule has 2 heterocycles. The third-order valence-electron chi connectivity index (χ3n) is 8.73. The molecule has 0 saturated carbocycles. The Morgan fingerprint density at radius 1 is 1.09 bits per heavy atom. The molecule has 3 unspecified atom stereocenters. The number of rotatable bonds is 15. The number of aromatic nitrogens is 1. The quantitative estimate of drug-likeness (QED) is 0.165. The number of H-pyrrole nitrogens is 1. The largest absolute Gasteiger partial charge is 0.497 e. The minimum Gasteiger partial charge on any atom is -0.497 e. The van der Waals surface area contributed by atoms with E-state index in [4.69, 9.17) is 14.2 Å². The van der Waals surface area contributed by atoms with Crippen molar-refractivity contribution < 1.29 is 49.0 Å². The van der Waals surface area contributed by atoms with Crippen molar-refractivity contribution in [3.05, 3.63) is 64.8 Å².